The molecular weight excluding hydrogens is 368 g/mol. The quantitative estimate of drug-likeness (QED) is 0.861. The largest absolute Gasteiger partial charge is 0.351 e. The normalized spacial score (nSPS) is 18.6. The molecule has 1 aromatic carbocycles. The first-order valence-corrected chi connectivity index (χ1v) is 10.3. The summed E-state index contributed by atoms with van der Waals surface area (Å²) in [5.74, 6) is -0.261. The summed E-state index contributed by atoms with van der Waals surface area (Å²) in [5.41, 5.74) is 0.915. The van der Waals surface area contributed by atoms with Crippen molar-refractivity contribution in [2.45, 2.75) is 29.6 Å². The van der Waals surface area contributed by atoms with Gasteiger partial charge in [-0.05, 0) is 42.0 Å². The third kappa shape index (κ3) is 3.64. The minimum atomic E-state index is -3.60. The van der Waals surface area contributed by atoms with Gasteiger partial charge < -0.3 is 5.32 Å². The van der Waals surface area contributed by atoms with Crippen LogP contribution in [0.1, 0.15) is 18.4 Å². The molecule has 1 unspecified atom stereocenters. The Balaban J connectivity index is 1.69. The summed E-state index contributed by atoms with van der Waals surface area (Å²) in [5, 5.41) is 5.18. The number of nitrogens with zero attached hydrogens (tertiary/aromatic N) is 1. The van der Waals surface area contributed by atoms with Crippen LogP contribution in [0.4, 0.5) is 0 Å². The van der Waals surface area contributed by atoms with Crippen molar-refractivity contribution in [3.05, 3.63) is 52.4 Å². The molecule has 24 heavy (non-hydrogen) atoms. The van der Waals surface area contributed by atoms with E-state index in [0.717, 1.165) is 5.56 Å². The zero-order chi connectivity index (χ0) is 17.2. The van der Waals surface area contributed by atoms with Crippen LogP contribution < -0.4 is 5.32 Å². The van der Waals surface area contributed by atoms with E-state index in [1.807, 2.05) is 12.1 Å². The van der Waals surface area contributed by atoms with E-state index >= 15 is 0 Å². The Morgan fingerprint density at radius 1 is 1.29 bits per heavy atom. The molecular formula is C16H17ClN2O3S2. The number of thiophene rings is 1. The van der Waals surface area contributed by atoms with Gasteiger partial charge >= 0.3 is 0 Å². The van der Waals surface area contributed by atoms with Crippen molar-refractivity contribution in [1.29, 1.82) is 0 Å². The van der Waals surface area contributed by atoms with Crippen LogP contribution in [-0.4, -0.2) is 31.2 Å². The second-order valence-corrected chi connectivity index (χ2v) is 9.05. The Morgan fingerprint density at radius 2 is 2.04 bits per heavy atom. The monoisotopic (exact) mass is 384 g/mol. The predicted molar refractivity (Wildman–Crippen MR) is 94.5 cm³/mol. The van der Waals surface area contributed by atoms with Gasteiger partial charge in [-0.1, -0.05) is 29.8 Å². The number of benzene rings is 1. The van der Waals surface area contributed by atoms with Gasteiger partial charge in [-0.25, -0.2) is 8.42 Å². The lowest BCUT2D eigenvalue weighted by molar-refractivity contribution is -0.124. The van der Waals surface area contributed by atoms with Crippen molar-refractivity contribution in [2.75, 3.05) is 6.54 Å². The van der Waals surface area contributed by atoms with E-state index in [1.54, 1.807) is 29.6 Å². The summed E-state index contributed by atoms with van der Waals surface area (Å²) in [6.45, 7) is 0.721. The lowest BCUT2D eigenvalue weighted by Gasteiger charge is -2.22. The molecule has 1 fully saturated rings. The van der Waals surface area contributed by atoms with Crippen molar-refractivity contribution in [3.63, 3.8) is 0 Å². The maximum atomic E-state index is 12.7. The minimum Gasteiger partial charge on any atom is -0.351 e. The Morgan fingerprint density at radius 3 is 2.71 bits per heavy atom. The Hall–Kier alpha value is -1.41. The van der Waals surface area contributed by atoms with E-state index in [4.69, 9.17) is 11.6 Å². The Labute approximate surface area is 150 Å². The molecule has 0 spiro atoms. The van der Waals surface area contributed by atoms with Crippen molar-refractivity contribution in [2.24, 2.45) is 0 Å². The summed E-state index contributed by atoms with van der Waals surface area (Å²) < 4.78 is 26.9. The number of sulfonamides is 1. The fourth-order valence-corrected chi connectivity index (χ4v) is 5.63. The lowest BCUT2D eigenvalue weighted by atomic mass is 10.2. The molecule has 1 amide bonds. The standard InChI is InChI=1S/C16H17ClN2O3S2/c17-13-7-5-12(6-8-13)11-18-16(20)14-3-1-9-19(14)24(21,22)15-4-2-10-23-15/h2,4-8,10,14H,1,3,9,11H2,(H,18,20). The van der Waals surface area contributed by atoms with E-state index < -0.39 is 16.1 Å². The topological polar surface area (TPSA) is 66.5 Å². The van der Waals surface area contributed by atoms with E-state index in [9.17, 15) is 13.2 Å². The zero-order valence-electron chi connectivity index (χ0n) is 12.8. The second kappa shape index (κ2) is 7.23. The molecule has 0 bridgehead atoms. The molecule has 1 aliphatic rings. The number of carbonyl (C=O) groups is 1. The number of rotatable bonds is 5. The van der Waals surface area contributed by atoms with Gasteiger partial charge in [0, 0.05) is 18.1 Å². The highest BCUT2D eigenvalue weighted by Gasteiger charge is 2.39. The number of carbonyl (C=O) groups excluding carboxylic acids is 1. The summed E-state index contributed by atoms with van der Waals surface area (Å²) >= 11 is 7.00. The summed E-state index contributed by atoms with van der Waals surface area (Å²) in [4.78, 5) is 12.5. The van der Waals surface area contributed by atoms with Crippen LogP contribution in [0.3, 0.4) is 0 Å². The van der Waals surface area contributed by atoms with E-state index in [2.05, 4.69) is 5.32 Å². The molecule has 2 heterocycles. The molecule has 128 valence electrons. The van der Waals surface area contributed by atoms with Gasteiger partial charge in [-0.15, -0.1) is 11.3 Å². The van der Waals surface area contributed by atoms with Crippen LogP contribution in [0.2, 0.25) is 5.02 Å². The first kappa shape index (κ1) is 17.4. The molecule has 0 aliphatic carbocycles. The molecule has 1 saturated heterocycles. The molecule has 0 saturated carbocycles. The summed E-state index contributed by atoms with van der Waals surface area (Å²) in [6.07, 6.45) is 1.22. The summed E-state index contributed by atoms with van der Waals surface area (Å²) in [7, 11) is -3.60. The Kier molecular flexibility index (Phi) is 5.24. The first-order valence-electron chi connectivity index (χ1n) is 7.56. The number of halogens is 1. The highest BCUT2D eigenvalue weighted by Crippen LogP contribution is 2.28. The SMILES string of the molecule is O=C(NCc1ccc(Cl)cc1)C1CCCN1S(=O)(=O)c1cccs1. The number of amides is 1. The molecule has 1 N–H and O–H groups in total. The van der Waals surface area contributed by atoms with E-state index in [0.29, 0.717) is 31.0 Å². The van der Waals surface area contributed by atoms with Gasteiger partial charge in [0.1, 0.15) is 10.3 Å². The average Bonchev–Trinajstić information content (AvgIpc) is 3.25. The fourth-order valence-electron chi connectivity index (χ4n) is 2.72. The number of hydrogen-bond donors (Lipinski definition) is 1. The van der Waals surface area contributed by atoms with E-state index in [1.165, 1.54) is 15.6 Å². The van der Waals surface area contributed by atoms with Gasteiger partial charge in [-0.2, -0.15) is 4.31 Å². The smallest absolute Gasteiger partial charge is 0.253 e. The zero-order valence-corrected chi connectivity index (χ0v) is 15.2. The highest BCUT2D eigenvalue weighted by atomic mass is 35.5. The summed E-state index contributed by atoms with van der Waals surface area (Å²) in [6, 6.07) is 9.79. The first-order chi connectivity index (χ1) is 11.5. The van der Waals surface area contributed by atoms with Gasteiger partial charge in [0.2, 0.25) is 5.91 Å². The molecule has 1 aliphatic heterocycles. The van der Waals surface area contributed by atoms with Gasteiger partial charge in [-0.3, -0.25) is 4.79 Å². The third-order valence-electron chi connectivity index (χ3n) is 3.94. The average molecular weight is 385 g/mol. The molecule has 5 nitrogen and oxygen atoms in total. The van der Waals surface area contributed by atoms with Crippen molar-refractivity contribution in [1.82, 2.24) is 9.62 Å². The molecule has 1 aromatic heterocycles. The fraction of sp³-hybridized carbons (Fsp3) is 0.312. The highest BCUT2D eigenvalue weighted by molar-refractivity contribution is 7.91. The third-order valence-corrected chi connectivity index (χ3v) is 7.48. The maximum absolute atomic E-state index is 12.7. The number of hydrogen-bond acceptors (Lipinski definition) is 4. The Bertz CT molecular complexity index is 804. The molecule has 1 atom stereocenters. The maximum Gasteiger partial charge on any atom is 0.253 e. The van der Waals surface area contributed by atoms with Crippen LogP contribution in [0.15, 0.2) is 46.0 Å². The second-order valence-electron chi connectivity index (χ2n) is 5.55. The van der Waals surface area contributed by atoms with Crippen LogP contribution in [0.5, 0.6) is 0 Å². The van der Waals surface area contributed by atoms with Crippen LogP contribution in [-0.2, 0) is 21.4 Å². The van der Waals surface area contributed by atoms with Gasteiger partial charge in [0.25, 0.3) is 10.0 Å². The van der Waals surface area contributed by atoms with Crippen LogP contribution >= 0.6 is 22.9 Å². The van der Waals surface area contributed by atoms with Crippen molar-refractivity contribution in [3.8, 4) is 0 Å². The lowest BCUT2D eigenvalue weighted by Crippen LogP contribution is -2.45. The van der Waals surface area contributed by atoms with E-state index in [-0.39, 0.29) is 10.1 Å². The number of nitrogens with one attached hydrogen (secondary N) is 1. The van der Waals surface area contributed by atoms with Gasteiger partial charge in [0.15, 0.2) is 0 Å². The molecule has 3 rings (SSSR count). The molecule has 0 radical (unpaired) electrons. The molecule has 2 aromatic rings. The predicted octanol–water partition coefficient (Wildman–Crippen LogP) is 2.87. The van der Waals surface area contributed by atoms with Crippen molar-refractivity contribution < 1.29 is 13.2 Å². The minimum absolute atomic E-state index is 0.261. The van der Waals surface area contributed by atoms with Crippen LogP contribution in [0, 0.1) is 0 Å². The van der Waals surface area contributed by atoms with Crippen LogP contribution in [0.25, 0.3) is 0 Å². The van der Waals surface area contributed by atoms with Gasteiger partial charge in [0.05, 0.1) is 0 Å². The van der Waals surface area contributed by atoms with Crippen molar-refractivity contribution >= 4 is 38.9 Å². The molecule has 8 heteroatoms.